The third kappa shape index (κ3) is 7.90. The first-order valence-electron chi connectivity index (χ1n) is 16.8. The van der Waals surface area contributed by atoms with Gasteiger partial charge in [0, 0.05) is 0 Å². The Morgan fingerprint density at radius 2 is 1.33 bits per heavy atom. The van der Waals surface area contributed by atoms with Crippen molar-refractivity contribution in [3.05, 3.63) is 119 Å². The van der Waals surface area contributed by atoms with E-state index in [4.69, 9.17) is 12.5 Å². The van der Waals surface area contributed by atoms with Crippen LogP contribution < -0.4 is 32.2 Å². The molecule has 7 rings (SSSR count). The number of hydrogen-bond donors (Lipinski definition) is 3. The standard InChI is InChI=1S/C39H35IN3O8/c44-35(16-13-23-21-41-30-10-4-1-7-26(23)30)49-34-20-25(39(47)48)19-29(38(34)50-36(45)18-15-33-28-9-3-6-12-32(28)43-33)40-51-37(46)17-14-24-22-42-31-11-5-2-8-27(24)31/h1-12,20-22,29,34,38,41-42H,13-19H2,(H,47,48)/q-1/t29?,34-,38+/m1/s1. The molecule has 51 heavy (non-hydrogen) atoms. The molecule has 1 aliphatic carbocycles. The fraction of sp³-hybridized carbons (Fsp3) is 0.256. The third-order valence-electron chi connectivity index (χ3n) is 9.10. The number of aliphatic carboxylic acids is 1. The number of para-hydroxylation sites is 3. The number of carboxylic acids is 1. The average Bonchev–Trinajstić information content (AvgIpc) is 3.74. The van der Waals surface area contributed by atoms with E-state index in [9.17, 15) is 24.3 Å². The number of fused-ring (bicyclic) bond motifs is 3. The summed E-state index contributed by atoms with van der Waals surface area (Å²) in [5.41, 5.74) is 4.67. The van der Waals surface area contributed by atoms with Crippen LogP contribution in [0.4, 0.5) is 0 Å². The molecule has 5 aromatic rings. The molecule has 1 aliphatic heterocycles. The molecule has 3 atom stereocenters. The van der Waals surface area contributed by atoms with Crippen LogP contribution in [-0.4, -0.2) is 55.1 Å². The van der Waals surface area contributed by atoms with E-state index >= 15 is 0 Å². The summed E-state index contributed by atoms with van der Waals surface area (Å²) in [5.74, 6) is -2.72. The van der Waals surface area contributed by atoms with Crippen molar-refractivity contribution in [2.45, 2.75) is 61.1 Å². The van der Waals surface area contributed by atoms with Crippen LogP contribution in [0.3, 0.4) is 0 Å². The number of H-pyrrole nitrogens is 2. The Kier molecular flexibility index (Phi) is 10.3. The second-order valence-electron chi connectivity index (χ2n) is 12.5. The first-order chi connectivity index (χ1) is 24.8. The van der Waals surface area contributed by atoms with Crippen LogP contribution in [-0.2, 0) is 44.6 Å². The maximum absolute atomic E-state index is 13.3. The summed E-state index contributed by atoms with van der Waals surface area (Å²) in [4.78, 5) is 62.6. The molecule has 0 saturated carbocycles. The minimum atomic E-state index is -1.49. The van der Waals surface area contributed by atoms with Crippen molar-refractivity contribution in [1.82, 2.24) is 9.97 Å². The fourth-order valence-electron chi connectivity index (χ4n) is 6.47. The molecule has 2 aromatic heterocycles. The summed E-state index contributed by atoms with van der Waals surface area (Å²) in [5, 5.41) is 13.9. The van der Waals surface area contributed by atoms with Gasteiger partial charge in [0.2, 0.25) is 0 Å². The van der Waals surface area contributed by atoms with Crippen molar-refractivity contribution in [3.63, 3.8) is 0 Å². The van der Waals surface area contributed by atoms with E-state index < -0.39 is 61.6 Å². The second-order valence-corrected chi connectivity index (χ2v) is 15.0. The zero-order chi connectivity index (χ0) is 35.3. The number of esters is 2. The summed E-state index contributed by atoms with van der Waals surface area (Å²) in [7, 11) is 0. The number of ether oxygens (including phenoxy) is 2. The number of aryl methyl sites for hydroxylation is 2. The van der Waals surface area contributed by atoms with Gasteiger partial charge in [0.25, 0.3) is 0 Å². The third-order valence-corrected chi connectivity index (χ3v) is 11.6. The Hall–Kier alpha value is -5.24. The van der Waals surface area contributed by atoms with Gasteiger partial charge in [-0.1, -0.05) is 0 Å². The maximum atomic E-state index is 13.3. The van der Waals surface area contributed by atoms with Crippen molar-refractivity contribution in [2.75, 3.05) is 0 Å². The molecule has 0 radical (unpaired) electrons. The summed E-state index contributed by atoms with van der Waals surface area (Å²) in [6, 6.07) is 23.2. The van der Waals surface area contributed by atoms with Gasteiger partial charge in [0.15, 0.2) is 0 Å². The molecule has 0 bridgehead atoms. The zero-order valence-electron chi connectivity index (χ0n) is 27.5. The zero-order valence-corrected chi connectivity index (χ0v) is 29.6. The van der Waals surface area contributed by atoms with Gasteiger partial charge < -0.3 is 0 Å². The molecule has 3 aromatic carbocycles. The van der Waals surface area contributed by atoms with E-state index in [0.717, 1.165) is 49.2 Å². The molecule has 11 nitrogen and oxygen atoms in total. The molecular formula is C39H35IN3O8-. The number of halogens is 1. The predicted octanol–water partition coefficient (Wildman–Crippen LogP) is 1.59. The Morgan fingerprint density at radius 1 is 0.745 bits per heavy atom. The monoisotopic (exact) mass is 800 g/mol. The van der Waals surface area contributed by atoms with Crippen LogP contribution in [0.2, 0.25) is 0 Å². The molecule has 0 spiro atoms. The molecule has 0 amide bonds. The van der Waals surface area contributed by atoms with Gasteiger partial charge in [0.1, 0.15) is 0 Å². The van der Waals surface area contributed by atoms with Crippen LogP contribution in [0.15, 0.2) is 102 Å². The summed E-state index contributed by atoms with van der Waals surface area (Å²) >= 11 is -1.49. The molecule has 2 aliphatic rings. The molecule has 3 heterocycles. The average molecular weight is 801 g/mol. The number of nitrogens with one attached hydrogen (secondary N) is 2. The summed E-state index contributed by atoms with van der Waals surface area (Å²) in [6.45, 7) is 0. The first kappa shape index (κ1) is 34.2. The van der Waals surface area contributed by atoms with E-state index in [1.165, 1.54) is 6.08 Å². The number of carboxylic acid groups (broad SMARTS) is 1. The van der Waals surface area contributed by atoms with Gasteiger partial charge in [-0.3, -0.25) is 0 Å². The molecule has 0 saturated heterocycles. The quantitative estimate of drug-likeness (QED) is 0.0869. The predicted molar refractivity (Wildman–Crippen MR) is 183 cm³/mol. The Labute approximate surface area is 303 Å². The number of rotatable bonds is 14. The Balaban J connectivity index is 1.04. The van der Waals surface area contributed by atoms with Gasteiger partial charge in [-0.2, -0.15) is 0 Å². The van der Waals surface area contributed by atoms with Crippen LogP contribution in [0, 0.1) is 0 Å². The van der Waals surface area contributed by atoms with Crippen LogP contribution in [0.1, 0.15) is 43.2 Å². The minimum absolute atomic E-state index is 0.000236. The van der Waals surface area contributed by atoms with Crippen molar-refractivity contribution < 1.29 is 58.4 Å². The number of carbonyl (C=O) groups is 4. The van der Waals surface area contributed by atoms with E-state index in [1.54, 1.807) is 0 Å². The number of nitrogens with zero attached hydrogens (tertiary/aromatic N) is 1. The van der Waals surface area contributed by atoms with Gasteiger partial charge in [0.05, 0.1) is 0 Å². The van der Waals surface area contributed by atoms with Crippen molar-refractivity contribution >= 4 is 51.4 Å². The van der Waals surface area contributed by atoms with Crippen molar-refractivity contribution in [1.29, 1.82) is 0 Å². The molecule has 0 fully saturated rings. The SMILES string of the molecule is O=C(CCc1c[nH]c2ccccc12)O[I-]C1CC(C(=O)O)=C[C@@H](OC(=O)CCc2c[nH]c3ccccc23)[C@H]1OC(=O)CCC1=c2ccccc2=N1. The molecule has 1 unspecified atom stereocenters. The van der Waals surface area contributed by atoms with Gasteiger partial charge in [-0.05, 0) is 0 Å². The van der Waals surface area contributed by atoms with Gasteiger partial charge in [-0.15, -0.1) is 0 Å². The summed E-state index contributed by atoms with van der Waals surface area (Å²) < 4.78 is 17.0. The van der Waals surface area contributed by atoms with Crippen LogP contribution >= 0.6 is 0 Å². The summed E-state index contributed by atoms with van der Waals surface area (Å²) in [6.07, 6.45) is 4.25. The van der Waals surface area contributed by atoms with Crippen molar-refractivity contribution in [3.8, 4) is 0 Å². The molecule has 3 N–H and O–H groups in total. The van der Waals surface area contributed by atoms with E-state index in [1.807, 2.05) is 85.2 Å². The number of hydrogen-bond acceptors (Lipinski definition) is 8. The number of aromatic nitrogens is 2. The molecule has 262 valence electrons. The number of alkyl halides is 1. The normalized spacial score (nSPS) is 18.0. The Bertz CT molecular complexity index is 2290. The fourth-order valence-corrected chi connectivity index (χ4v) is 8.80. The van der Waals surface area contributed by atoms with E-state index in [2.05, 4.69) is 15.0 Å². The topological polar surface area (TPSA) is 160 Å². The molecular weight excluding hydrogens is 765 g/mol. The van der Waals surface area contributed by atoms with Crippen LogP contribution in [0.25, 0.3) is 27.5 Å². The molecule has 12 heteroatoms. The van der Waals surface area contributed by atoms with Crippen molar-refractivity contribution in [2.24, 2.45) is 4.99 Å². The van der Waals surface area contributed by atoms with Gasteiger partial charge >= 0.3 is 304 Å². The number of carbonyl (C=O) groups excluding carboxylic acids is 3. The van der Waals surface area contributed by atoms with E-state index in [-0.39, 0.29) is 31.3 Å². The van der Waals surface area contributed by atoms with Gasteiger partial charge in [-0.25, -0.2) is 0 Å². The van der Waals surface area contributed by atoms with E-state index in [0.29, 0.717) is 19.3 Å². The second kappa shape index (κ2) is 15.3. The van der Waals surface area contributed by atoms with Crippen LogP contribution in [0.5, 0.6) is 0 Å². The Morgan fingerprint density at radius 3 is 2.00 bits per heavy atom. The first-order valence-corrected chi connectivity index (χ1v) is 18.9. The number of aromatic amines is 2. The number of benzene rings is 3.